The van der Waals surface area contributed by atoms with E-state index in [1.807, 2.05) is 13.0 Å². The van der Waals surface area contributed by atoms with Crippen molar-refractivity contribution < 1.29 is 27.6 Å². The fourth-order valence-electron chi connectivity index (χ4n) is 2.31. The van der Waals surface area contributed by atoms with Gasteiger partial charge in [0.05, 0.1) is 10.5 Å². The van der Waals surface area contributed by atoms with Gasteiger partial charge in [-0.05, 0) is 36.8 Å². The molecule has 7 nitrogen and oxygen atoms in total. The minimum Gasteiger partial charge on any atom is -0.484 e. The Morgan fingerprint density at radius 2 is 1.93 bits per heavy atom. The molecule has 10 heteroatoms. The van der Waals surface area contributed by atoms with Crippen LogP contribution in [0.3, 0.4) is 0 Å². The summed E-state index contributed by atoms with van der Waals surface area (Å²) in [6.45, 7) is 1.87. The van der Waals surface area contributed by atoms with Crippen molar-refractivity contribution in [3.8, 4) is 5.75 Å². The highest BCUT2D eigenvalue weighted by Gasteiger charge is 2.32. The number of anilines is 1. The zero-order valence-electron chi connectivity index (χ0n) is 14.9. The number of nitrogens with one attached hydrogen (secondary N) is 2. The van der Waals surface area contributed by atoms with Crippen LogP contribution < -0.4 is 15.4 Å². The molecule has 0 fully saturated rings. The van der Waals surface area contributed by atoms with E-state index >= 15 is 0 Å². The summed E-state index contributed by atoms with van der Waals surface area (Å²) >= 11 is 0. The quantitative estimate of drug-likeness (QED) is 0.404. The third-order valence-electron chi connectivity index (χ3n) is 3.64. The normalized spacial score (nSPS) is 11.0. The Morgan fingerprint density at radius 3 is 2.57 bits per heavy atom. The van der Waals surface area contributed by atoms with Crippen molar-refractivity contribution in [2.45, 2.75) is 13.1 Å². The highest BCUT2D eigenvalue weighted by atomic mass is 19.4. The molecule has 0 aliphatic rings. The lowest BCUT2D eigenvalue weighted by molar-refractivity contribution is -0.384. The van der Waals surface area contributed by atoms with Gasteiger partial charge in [0.25, 0.3) is 11.6 Å². The Labute approximate surface area is 158 Å². The highest BCUT2D eigenvalue weighted by Crippen LogP contribution is 2.34. The van der Waals surface area contributed by atoms with Gasteiger partial charge in [-0.15, -0.1) is 0 Å². The monoisotopic (exact) mass is 397 g/mol. The van der Waals surface area contributed by atoms with Crippen LogP contribution in [0.2, 0.25) is 0 Å². The Kier molecular flexibility index (Phi) is 6.80. The second kappa shape index (κ2) is 9.07. The van der Waals surface area contributed by atoms with E-state index < -0.39 is 28.3 Å². The van der Waals surface area contributed by atoms with Crippen molar-refractivity contribution in [3.63, 3.8) is 0 Å². The largest absolute Gasteiger partial charge is 0.484 e. The third kappa shape index (κ3) is 6.15. The van der Waals surface area contributed by atoms with Crippen molar-refractivity contribution in [2.75, 3.05) is 25.0 Å². The summed E-state index contributed by atoms with van der Waals surface area (Å²) in [5.41, 5.74) is -0.876. The molecule has 0 radical (unpaired) electrons. The first-order valence-corrected chi connectivity index (χ1v) is 8.22. The van der Waals surface area contributed by atoms with Gasteiger partial charge < -0.3 is 15.4 Å². The molecule has 28 heavy (non-hydrogen) atoms. The Balaban J connectivity index is 1.82. The van der Waals surface area contributed by atoms with E-state index in [0.29, 0.717) is 11.8 Å². The van der Waals surface area contributed by atoms with E-state index in [1.54, 1.807) is 18.2 Å². The minimum atomic E-state index is -4.67. The second-order valence-electron chi connectivity index (χ2n) is 5.87. The molecule has 0 heterocycles. The molecule has 0 aliphatic carbocycles. The summed E-state index contributed by atoms with van der Waals surface area (Å²) in [5, 5.41) is 16.2. The topological polar surface area (TPSA) is 93.5 Å². The first-order valence-electron chi connectivity index (χ1n) is 8.22. The zero-order chi connectivity index (χ0) is 20.7. The number of ether oxygens (including phenoxy) is 1. The van der Waals surface area contributed by atoms with Crippen LogP contribution in [0.25, 0.3) is 0 Å². The van der Waals surface area contributed by atoms with Gasteiger partial charge in [-0.3, -0.25) is 14.9 Å². The van der Waals surface area contributed by atoms with E-state index in [2.05, 4.69) is 10.6 Å². The number of carbonyl (C=O) groups excluding carboxylic acids is 1. The molecular weight excluding hydrogens is 379 g/mol. The molecule has 0 bridgehead atoms. The Hall–Kier alpha value is -3.30. The molecule has 0 aromatic heterocycles. The van der Waals surface area contributed by atoms with E-state index in [9.17, 15) is 28.1 Å². The number of benzene rings is 2. The zero-order valence-corrected chi connectivity index (χ0v) is 14.9. The molecule has 0 spiro atoms. The molecule has 2 rings (SSSR count). The van der Waals surface area contributed by atoms with E-state index in [1.165, 1.54) is 0 Å². The number of amides is 1. The molecule has 0 saturated heterocycles. The molecule has 150 valence electrons. The first kappa shape index (κ1) is 21.0. The van der Waals surface area contributed by atoms with Crippen molar-refractivity contribution >= 4 is 17.3 Å². The van der Waals surface area contributed by atoms with Gasteiger partial charge in [0.15, 0.2) is 6.61 Å². The fourth-order valence-corrected chi connectivity index (χ4v) is 2.31. The molecule has 2 N–H and O–H groups in total. The molecule has 1 amide bonds. The van der Waals surface area contributed by atoms with Crippen LogP contribution in [-0.2, 0) is 11.0 Å². The summed E-state index contributed by atoms with van der Waals surface area (Å²) in [6.07, 6.45) is -4.67. The standard InChI is InChI=1S/C18H18F3N3O4/c1-12-3-2-4-14(9-12)28-11-17(25)23-8-7-22-15-6-5-13(18(19,20)21)10-16(15)24(26)27/h2-6,9-10,22H,7-8,11H2,1H3,(H,23,25). The van der Waals surface area contributed by atoms with Crippen LogP contribution in [0.1, 0.15) is 11.1 Å². The molecule has 0 saturated carbocycles. The SMILES string of the molecule is Cc1cccc(OCC(=O)NCCNc2ccc(C(F)(F)F)cc2[N+](=O)[O-])c1. The number of halogens is 3. The number of nitro benzene ring substituents is 1. The number of nitrogens with zero attached hydrogens (tertiary/aromatic N) is 1. The van der Waals surface area contributed by atoms with E-state index in [4.69, 9.17) is 4.74 Å². The summed E-state index contributed by atoms with van der Waals surface area (Å²) < 4.78 is 43.4. The van der Waals surface area contributed by atoms with Crippen molar-refractivity contribution in [3.05, 3.63) is 63.7 Å². The van der Waals surface area contributed by atoms with Crippen molar-refractivity contribution in [2.24, 2.45) is 0 Å². The number of aryl methyl sites for hydroxylation is 1. The minimum absolute atomic E-state index is 0.0664. The van der Waals surface area contributed by atoms with Gasteiger partial charge >= 0.3 is 6.18 Å². The fraction of sp³-hybridized carbons (Fsp3) is 0.278. The maximum Gasteiger partial charge on any atom is 0.416 e. The van der Waals surface area contributed by atoms with Crippen LogP contribution in [0.4, 0.5) is 24.5 Å². The van der Waals surface area contributed by atoms with Crippen LogP contribution in [-0.4, -0.2) is 30.5 Å². The molecule has 0 aliphatic heterocycles. The number of rotatable bonds is 8. The average molecular weight is 397 g/mol. The summed E-state index contributed by atoms with van der Waals surface area (Å²) in [7, 11) is 0. The van der Waals surface area contributed by atoms with Gasteiger partial charge in [-0.25, -0.2) is 0 Å². The van der Waals surface area contributed by atoms with Crippen LogP contribution >= 0.6 is 0 Å². The number of hydrogen-bond acceptors (Lipinski definition) is 5. The average Bonchev–Trinajstić information content (AvgIpc) is 2.62. The molecular formula is C18H18F3N3O4. The number of carbonyl (C=O) groups is 1. The lowest BCUT2D eigenvalue weighted by Gasteiger charge is -2.11. The van der Waals surface area contributed by atoms with Crippen molar-refractivity contribution in [1.29, 1.82) is 0 Å². The van der Waals surface area contributed by atoms with Gasteiger partial charge in [0, 0.05) is 19.2 Å². The molecule has 2 aromatic rings. The highest BCUT2D eigenvalue weighted by molar-refractivity contribution is 5.77. The van der Waals surface area contributed by atoms with Gasteiger partial charge in [-0.1, -0.05) is 12.1 Å². The summed E-state index contributed by atoms with van der Waals surface area (Å²) in [4.78, 5) is 21.8. The number of nitro groups is 1. The first-order chi connectivity index (χ1) is 13.2. The third-order valence-corrected chi connectivity index (χ3v) is 3.64. The maximum absolute atomic E-state index is 12.7. The smallest absolute Gasteiger partial charge is 0.416 e. The van der Waals surface area contributed by atoms with Gasteiger partial charge in [0.2, 0.25) is 0 Å². The predicted octanol–water partition coefficient (Wildman–Crippen LogP) is 3.53. The lowest BCUT2D eigenvalue weighted by atomic mass is 10.1. The number of hydrogen-bond donors (Lipinski definition) is 2. The predicted molar refractivity (Wildman–Crippen MR) is 96.3 cm³/mol. The van der Waals surface area contributed by atoms with Gasteiger partial charge in [-0.2, -0.15) is 13.2 Å². The van der Waals surface area contributed by atoms with Crippen LogP contribution in [0.5, 0.6) is 5.75 Å². The van der Waals surface area contributed by atoms with E-state index in [-0.39, 0.29) is 25.4 Å². The maximum atomic E-state index is 12.7. The van der Waals surface area contributed by atoms with Crippen LogP contribution in [0.15, 0.2) is 42.5 Å². The Bertz CT molecular complexity index is 856. The Morgan fingerprint density at radius 1 is 1.18 bits per heavy atom. The number of alkyl halides is 3. The van der Waals surface area contributed by atoms with Gasteiger partial charge in [0.1, 0.15) is 11.4 Å². The molecule has 2 aromatic carbocycles. The van der Waals surface area contributed by atoms with Crippen molar-refractivity contribution in [1.82, 2.24) is 5.32 Å². The van der Waals surface area contributed by atoms with E-state index in [0.717, 1.165) is 17.7 Å². The second-order valence-corrected chi connectivity index (χ2v) is 5.87. The summed E-state index contributed by atoms with van der Waals surface area (Å²) in [5.74, 6) is 0.152. The summed E-state index contributed by atoms with van der Waals surface area (Å²) in [6, 6.07) is 9.39. The molecule has 0 unspecified atom stereocenters. The van der Waals surface area contributed by atoms with Crippen LogP contribution in [0, 0.1) is 17.0 Å². The lowest BCUT2D eigenvalue weighted by Crippen LogP contribution is -2.32. The molecule has 0 atom stereocenters.